The van der Waals surface area contributed by atoms with Crippen LogP contribution < -0.4 is 4.74 Å². The van der Waals surface area contributed by atoms with Crippen LogP contribution in [-0.4, -0.2) is 10.9 Å². The molecule has 0 spiro atoms. The molecule has 0 amide bonds. The lowest BCUT2D eigenvalue weighted by Crippen LogP contribution is -2.09. The van der Waals surface area contributed by atoms with Crippen molar-refractivity contribution in [2.45, 2.75) is 0 Å². The molecule has 5 nitrogen and oxygen atoms in total. The molecule has 2 aromatic carbocycles. The van der Waals surface area contributed by atoms with E-state index in [9.17, 15) is 14.9 Å². The average Bonchev–Trinajstić information content (AvgIpc) is 2.42. The van der Waals surface area contributed by atoms with Gasteiger partial charge in [0.15, 0.2) is 0 Å². The van der Waals surface area contributed by atoms with Gasteiger partial charge < -0.3 is 4.74 Å². The summed E-state index contributed by atoms with van der Waals surface area (Å²) in [5.41, 5.74) is -0.209. The Morgan fingerprint density at radius 1 is 1.00 bits per heavy atom. The van der Waals surface area contributed by atoms with Crippen LogP contribution in [0.25, 0.3) is 0 Å². The standard InChI is InChI=1S/C13H6Cl3NO4/c14-10-4-2-8(6-12(10)16)21-13(18)9-3-1-7(17(19)20)5-11(9)15/h1-6H. The number of nitro benzene ring substituents is 1. The first-order valence-electron chi connectivity index (χ1n) is 5.49. The van der Waals surface area contributed by atoms with Crippen molar-refractivity contribution in [3.8, 4) is 5.75 Å². The van der Waals surface area contributed by atoms with Gasteiger partial charge in [-0.05, 0) is 18.2 Å². The molecule has 108 valence electrons. The van der Waals surface area contributed by atoms with Crippen LogP contribution >= 0.6 is 34.8 Å². The van der Waals surface area contributed by atoms with Crippen molar-refractivity contribution in [2.75, 3.05) is 0 Å². The van der Waals surface area contributed by atoms with Crippen LogP contribution in [0.5, 0.6) is 5.75 Å². The third-order valence-electron chi connectivity index (χ3n) is 2.49. The highest BCUT2D eigenvalue weighted by Crippen LogP contribution is 2.28. The van der Waals surface area contributed by atoms with Gasteiger partial charge in [-0.15, -0.1) is 0 Å². The van der Waals surface area contributed by atoms with Gasteiger partial charge in [-0.1, -0.05) is 34.8 Å². The second-order valence-electron chi connectivity index (χ2n) is 3.89. The summed E-state index contributed by atoms with van der Waals surface area (Å²) in [5.74, 6) is -0.572. The minimum absolute atomic E-state index is 0.00772. The number of benzene rings is 2. The lowest BCUT2D eigenvalue weighted by molar-refractivity contribution is -0.384. The molecule has 8 heteroatoms. The highest BCUT2D eigenvalue weighted by molar-refractivity contribution is 6.42. The highest BCUT2D eigenvalue weighted by Gasteiger charge is 2.17. The molecule has 0 atom stereocenters. The molecule has 0 aliphatic rings. The number of hydrogen-bond donors (Lipinski definition) is 0. The van der Waals surface area contributed by atoms with Crippen molar-refractivity contribution in [2.24, 2.45) is 0 Å². The maximum atomic E-state index is 12.0. The summed E-state index contributed by atoms with van der Waals surface area (Å²) in [5, 5.41) is 11.1. The number of halogens is 3. The van der Waals surface area contributed by atoms with Gasteiger partial charge in [0.05, 0.1) is 25.6 Å². The number of carbonyl (C=O) groups excluding carboxylic acids is 1. The molecule has 0 saturated carbocycles. The number of esters is 1. The first-order valence-corrected chi connectivity index (χ1v) is 6.63. The molecule has 0 aliphatic carbocycles. The Kier molecular flexibility index (Phi) is 4.67. The Morgan fingerprint density at radius 2 is 1.71 bits per heavy atom. The van der Waals surface area contributed by atoms with Crippen molar-refractivity contribution >= 4 is 46.5 Å². The predicted molar refractivity (Wildman–Crippen MR) is 79.5 cm³/mol. The number of hydrogen-bond acceptors (Lipinski definition) is 4. The number of rotatable bonds is 3. The lowest BCUT2D eigenvalue weighted by Gasteiger charge is -2.06. The van der Waals surface area contributed by atoms with E-state index in [1.54, 1.807) is 0 Å². The molecule has 0 N–H and O–H groups in total. The Morgan fingerprint density at radius 3 is 2.29 bits per heavy atom. The van der Waals surface area contributed by atoms with E-state index in [-0.39, 0.29) is 27.0 Å². The fraction of sp³-hybridized carbons (Fsp3) is 0. The number of carbonyl (C=O) groups is 1. The van der Waals surface area contributed by atoms with Gasteiger partial charge in [0, 0.05) is 18.2 Å². The SMILES string of the molecule is O=C(Oc1ccc(Cl)c(Cl)c1)c1ccc([N+](=O)[O-])cc1Cl. The van der Waals surface area contributed by atoms with Crippen molar-refractivity contribution in [3.05, 3.63) is 67.1 Å². The smallest absolute Gasteiger partial charge is 0.345 e. The van der Waals surface area contributed by atoms with Crippen LogP contribution in [0.15, 0.2) is 36.4 Å². The van der Waals surface area contributed by atoms with Crippen molar-refractivity contribution < 1.29 is 14.5 Å². The Labute approximate surface area is 134 Å². The van der Waals surface area contributed by atoms with Gasteiger partial charge in [-0.3, -0.25) is 10.1 Å². The number of non-ortho nitro benzene ring substituents is 1. The van der Waals surface area contributed by atoms with E-state index in [1.807, 2.05) is 0 Å². The monoisotopic (exact) mass is 345 g/mol. The third kappa shape index (κ3) is 3.64. The third-order valence-corrected chi connectivity index (χ3v) is 3.54. The van der Waals surface area contributed by atoms with Crippen LogP contribution in [0.3, 0.4) is 0 Å². The fourth-order valence-corrected chi connectivity index (χ4v) is 2.03. The van der Waals surface area contributed by atoms with Crippen molar-refractivity contribution in [1.82, 2.24) is 0 Å². The summed E-state index contributed by atoms with van der Waals surface area (Å²) >= 11 is 17.4. The van der Waals surface area contributed by atoms with E-state index < -0.39 is 10.9 Å². The molecule has 0 unspecified atom stereocenters. The molecule has 2 aromatic rings. The quantitative estimate of drug-likeness (QED) is 0.347. The largest absolute Gasteiger partial charge is 0.423 e. The van der Waals surface area contributed by atoms with Gasteiger partial charge in [-0.2, -0.15) is 0 Å². The number of nitrogens with zero attached hydrogens (tertiary/aromatic N) is 1. The van der Waals surface area contributed by atoms with Crippen LogP contribution in [0.4, 0.5) is 5.69 Å². The summed E-state index contributed by atoms with van der Waals surface area (Å²) in [6.07, 6.45) is 0. The minimum atomic E-state index is -0.756. The van der Waals surface area contributed by atoms with Crippen LogP contribution in [0.2, 0.25) is 15.1 Å². The van der Waals surface area contributed by atoms with E-state index in [0.717, 1.165) is 12.1 Å². The normalized spacial score (nSPS) is 10.2. The number of nitro groups is 1. The van der Waals surface area contributed by atoms with Gasteiger partial charge in [-0.25, -0.2) is 4.79 Å². The summed E-state index contributed by atoms with van der Waals surface area (Å²) in [6, 6.07) is 7.78. The Bertz CT molecular complexity index is 733. The van der Waals surface area contributed by atoms with Gasteiger partial charge in [0.25, 0.3) is 5.69 Å². The summed E-state index contributed by atoms with van der Waals surface area (Å²) in [4.78, 5) is 21.9. The summed E-state index contributed by atoms with van der Waals surface area (Å²) in [6.45, 7) is 0. The molecular weight excluding hydrogens is 341 g/mol. The van der Waals surface area contributed by atoms with E-state index in [1.165, 1.54) is 24.3 Å². The molecule has 0 aromatic heterocycles. The van der Waals surface area contributed by atoms with Gasteiger partial charge in [0.2, 0.25) is 0 Å². The van der Waals surface area contributed by atoms with E-state index >= 15 is 0 Å². The van der Waals surface area contributed by atoms with Gasteiger partial charge in [0.1, 0.15) is 5.75 Å². The molecule has 21 heavy (non-hydrogen) atoms. The summed E-state index contributed by atoms with van der Waals surface area (Å²) < 4.78 is 5.08. The predicted octanol–water partition coefficient (Wildman–Crippen LogP) is 4.77. The van der Waals surface area contributed by atoms with Crippen molar-refractivity contribution in [3.63, 3.8) is 0 Å². The molecular formula is C13H6Cl3NO4. The number of ether oxygens (including phenoxy) is 1. The molecule has 0 radical (unpaired) electrons. The van der Waals surface area contributed by atoms with E-state index in [2.05, 4.69) is 0 Å². The zero-order chi connectivity index (χ0) is 15.6. The second-order valence-corrected chi connectivity index (χ2v) is 5.11. The summed E-state index contributed by atoms with van der Waals surface area (Å²) in [7, 11) is 0. The first kappa shape index (κ1) is 15.6. The first-order chi connectivity index (χ1) is 9.88. The van der Waals surface area contributed by atoms with Gasteiger partial charge >= 0.3 is 5.97 Å². The van der Waals surface area contributed by atoms with Crippen LogP contribution in [0, 0.1) is 10.1 Å². The van der Waals surface area contributed by atoms with Crippen LogP contribution in [0.1, 0.15) is 10.4 Å². The fourth-order valence-electron chi connectivity index (χ4n) is 1.49. The zero-order valence-corrected chi connectivity index (χ0v) is 12.4. The molecule has 2 rings (SSSR count). The molecule has 0 aliphatic heterocycles. The highest BCUT2D eigenvalue weighted by atomic mass is 35.5. The van der Waals surface area contributed by atoms with Crippen molar-refractivity contribution in [1.29, 1.82) is 0 Å². The lowest BCUT2D eigenvalue weighted by atomic mass is 10.2. The van der Waals surface area contributed by atoms with E-state index in [0.29, 0.717) is 5.02 Å². The molecule has 0 heterocycles. The average molecular weight is 347 g/mol. The van der Waals surface area contributed by atoms with E-state index in [4.69, 9.17) is 39.5 Å². The maximum absolute atomic E-state index is 12.0. The van der Waals surface area contributed by atoms with Crippen LogP contribution in [-0.2, 0) is 0 Å². The molecule has 0 bridgehead atoms. The Hall–Kier alpha value is -1.82. The maximum Gasteiger partial charge on any atom is 0.345 e. The topological polar surface area (TPSA) is 69.4 Å². The second kappa shape index (κ2) is 6.30. The molecule has 0 fully saturated rings. The Balaban J connectivity index is 2.24. The molecule has 0 saturated heterocycles. The minimum Gasteiger partial charge on any atom is -0.423 e. The zero-order valence-electron chi connectivity index (χ0n) is 10.2.